The molecule has 126 valence electrons. The van der Waals surface area contributed by atoms with Gasteiger partial charge >= 0.3 is 0 Å². The standard InChI is InChI=1S/C16H17ClFN5O/c1-10-20-3-2-14(21-10)22-4-6-23(7-5-22)16(24)12-8-11(17)9-13(18)15(12)19/h2-3,8-9H,4-7,19H2,1H3. The molecule has 3 rings (SSSR count). The highest BCUT2D eigenvalue weighted by Crippen LogP contribution is 2.24. The molecule has 0 spiro atoms. The summed E-state index contributed by atoms with van der Waals surface area (Å²) in [7, 11) is 0. The largest absolute Gasteiger partial charge is 0.396 e. The maximum absolute atomic E-state index is 13.7. The minimum atomic E-state index is -0.680. The maximum Gasteiger partial charge on any atom is 0.256 e. The molecule has 0 radical (unpaired) electrons. The molecule has 1 amide bonds. The van der Waals surface area contributed by atoms with Gasteiger partial charge in [0, 0.05) is 37.4 Å². The minimum absolute atomic E-state index is 0.103. The summed E-state index contributed by atoms with van der Waals surface area (Å²) in [5, 5.41) is 0.153. The van der Waals surface area contributed by atoms with Gasteiger partial charge in [-0.25, -0.2) is 14.4 Å². The Hall–Kier alpha value is -2.41. The number of carbonyl (C=O) groups excluding carboxylic acids is 1. The Balaban J connectivity index is 1.72. The average Bonchev–Trinajstić information content (AvgIpc) is 2.57. The second kappa shape index (κ2) is 6.60. The zero-order valence-corrected chi connectivity index (χ0v) is 13.9. The van der Waals surface area contributed by atoms with Gasteiger partial charge in [0.25, 0.3) is 5.91 Å². The van der Waals surface area contributed by atoms with E-state index in [1.807, 2.05) is 13.0 Å². The van der Waals surface area contributed by atoms with Gasteiger partial charge in [-0.3, -0.25) is 4.79 Å². The normalized spacial score (nSPS) is 14.8. The maximum atomic E-state index is 13.7. The first-order valence-electron chi connectivity index (χ1n) is 7.54. The van der Waals surface area contributed by atoms with Crippen LogP contribution in [0.3, 0.4) is 0 Å². The molecule has 0 bridgehead atoms. The summed E-state index contributed by atoms with van der Waals surface area (Å²) in [4.78, 5) is 24.8. The smallest absolute Gasteiger partial charge is 0.256 e. The number of hydrogen-bond donors (Lipinski definition) is 1. The Morgan fingerprint density at radius 3 is 2.67 bits per heavy atom. The van der Waals surface area contributed by atoms with Gasteiger partial charge in [-0.1, -0.05) is 11.6 Å². The number of carbonyl (C=O) groups is 1. The lowest BCUT2D eigenvalue weighted by Gasteiger charge is -2.35. The number of nitrogen functional groups attached to an aromatic ring is 1. The second-order valence-corrected chi connectivity index (χ2v) is 6.03. The van der Waals surface area contributed by atoms with Crippen molar-refractivity contribution >= 4 is 29.0 Å². The lowest BCUT2D eigenvalue weighted by atomic mass is 10.1. The SMILES string of the molecule is Cc1nccc(N2CCN(C(=O)c3cc(Cl)cc(F)c3N)CC2)n1. The van der Waals surface area contributed by atoms with Crippen LogP contribution >= 0.6 is 11.6 Å². The Morgan fingerprint density at radius 2 is 2.00 bits per heavy atom. The summed E-state index contributed by atoms with van der Waals surface area (Å²) in [6.07, 6.45) is 1.71. The molecular weight excluding hydrogens is 333 g/mol. The Bertz CT molecular complexity index is 777. The van der Waals surface area contributed by atoms with E-state index in [-0.39, 0.29) is 22.2 Å². The van der Waals surface area contributed by atoms with Gasteiger partial charge in [-0.05, 0) is 25.1 Å². The van der Waals surface area contributed by atoms with Crippen molar-refractivity contribution < 1.29 is 9.18 Å². The van der Waals surface area contributed by atoms with Crippen LogP contribution < -0.4 is 10.6 Å². The molecule has 1 fully saturated rings. The predicted octanol–water partition coefficient (Wildman–Crippen LogP) is 2.12. The first-order valence-corrected chi connectivity index (χ1v) is 7.92. The fourth-order valence-corrected chi connectivity index (χ4v) is 2.90. The summed E-state index contributed by atoms with van der Waals surface area (Å²) in [5.74, 6) is 0.546. The quantitative estimate of drug-likeness (QED) is 0.840. The van der Waals surface area contributed by atoms with Crippen LogP contribution in [0.15, 0.2) is 24.4 Å². The van der Waals surface area contributed by atoms with E-state index in [1.54, 1.807) is 11.1 Å². The van der Waals surface area contributed by atoms with Crippen LogP contribution in [0.5, 0.6) is 0 Å². The van der Waals surface area contributed by atoms with Crippen LogP contribution in [0, 0.1) is 12.7 Å². The van der Waals surface area contributed by atoms with Crippen molar-refractivity contribution in [2.45, 2.75) is 6.92 Å². The van der Waals surface area contributed by atoms with E-state index >= 15 is 0 Å². The van der Waals surface area contributed by atoms with Crippen molar-refractivity contribution in [1.82, 2.24) is 14.9 Å². The molecule has 8 heteroatoms. The van der Waals surface area contributed by atoms with E-state index in [0.29, 0.717) is 32.0 Å². The minimum Gasteiger partial charge on any atom is -0.396 e. The summed E-state index contributed by atoms with van der Waals surface area (Å²) in [6.45, 7) is 4.08. The summed E-state index contributed by atoms with van der Waals surface area (Å²) >= 11 is 5.83. The molecule has 1 aromatic heterocycles. The highest BCUT2D eigenvalue weighted by Gasteiger charge is 2.25. The fourth-order valence-electron chi connectivity index (χ4n) is 2.69. The van der Waals surface area contributed by atoms with Crippen LogP contribution in [0.1, 0.15) is 16.2 Å². The number of aromatic nitrogens is 2. The number of anilines is 2. The molecule has 1 saturated heterocycles. The molecule has 0 atom stereocenters. The molecule has 0 saturated carbocycles. The summed E-state index contributed by atoms with van der Waals surface area (Å²) in [5.41, 5.74) is 5.62. The van der Waals surface area contributed by atoms with Gasteiger partial charge in [0.1, 0.15) is 17.5 Å². The number of aryl methyl sites for hydroxylation is 1. The van der Waals surface area contributed by atoms with Gasteiger partial charge in [0.05, 0.1) is 11.3 Å². The molecule has 0 unspecified atom stereocenters. The number of nitrogens with zero attached hydrogens (tertiary/aromatic N) is 4. The molecule has 1 aliphatic heterocycles. The van der Waals surface area contributed by atoms with Crippen molar-refractivity contribution in [1.29, 1.82) is 0 Å². The molecule has 2 aromatic rings. The third kappa shape index (κ3) is 3.26. The van der Waals surface area contributed by atoms with E-state index in [1.165, 1.54) is 6.07 Å². The number of nitrogens with two attached hydrogens (primary N) is 1. The van der Waals surface area contributed by atoms with Crippen molar-refractivity contribution in [3.05, 3.63) is 46.6 Å². The molecule has 1 aromatic carbocycles. The van der Waals surface area contributed by atoms with E-state index < -0.39 is 5.82 Å². The van der Waals surface area contributed by atoms with Gasteiger partial charge < -0.3 is 15.5 Å². The number of hydrogen-bond acceptors (Lipinski definition) is 5. The summed E-state index contributed by atoms with van der Waals surface area (Å²) < 4.78 is 13.7. The van der Waals surface area contributed by atoms with Crippen LogP contribution in [-0.2, 0) is 0 Å². The van der Waals surface area contributed by atoms with Crippen LogP contribution in [-0.4, -0.2) is 47.0 Å². The van der Waals surface area contributed by atoms with E-state index in [4.69, 9.17) is 17.3 Å². The van der Waals surface area contributed by atoms with Crippen molar-refractivity contribution in [3.63, 3.8) is 0 Å². The van der Waals surface area contributed by atoms with Crippen molar-refractivity contribution in [2.24, 2.45) is 0 Å². The van der Waals surface area contributed by atoms with Gasteiger partial charge in [0.2, 0.25) is 0 Å². The summed E-state index contributed by atoms with van der Waals surface area (Å²) in [6, 6.07) is 4.35. The first kappa shape index (κ1) is 16.4. The monoisotopic (exact) mass is 349 g/mol. The molecular formula is C16H17ClFN5O. The van der Waals surface area contributed by atoms with E-state index in [9.17, 15) is 9.18 Å². The zero-order chi connectivity index (χ0) is 17.3. The van der Waals surface area contributed by atoms with Gasteiger partial charge in [0.15, 0.2) is 0 Å². The van der Waals surface area contributed by atoms with Gasteiger partial charge in [-0.2, -0.15) is 0 Å². The average molecular weight is 350 g/mol. The highest BCUT2D eigenvalue weighted by atomic mass is 35.5. The third-order valence-corrected chi connectivity index (χ3v) is 4.20. The number of amides is 1. The molecule has 2 heterocycles. The topological polar surface area (TPSA) is 75.4 Å². The molecule has 0 aliphatic carbocycles. The molecule has 1 aliphatic rings. The van der Waals surface area contributed by atoms with Gasteiger partial charge in [-0.15, -0.1) is 0 Å². The van der Waals surface area contributed by atoms with Crippen LogP contribution in [0.25, 0.3) is 0 Å². The molecule has 6 nitrogen and oxygen atoms in total. The predicted molar refractivity (Wildman–Crippen MR) is 90.7 cm³/mol. The Kier molecular flexibility index (Phi) is 4.53. The number of rotatable bonds is 2. The number of benzene rings is 1. The van der Waals surface area contributed by atoms with Crippen molar-refractivity contribution in [3.8, 4) is 0 Å². The van der Waals surface area contributed by atoms with Crippen LogP contribution in [0.4, 0.5) is 15.9 Å². The van der Waals surface area contributed by atoms with Crippen molar-refractivity contribution in [2.75, 3.05) is 36.8 Å². The number of piperazine rings is 1. The Labute approximate surface area is 144 Å². The fraction of sp³-hybridized carbons (Fsp3) is 0.312. The Morgan fingerprint density at radius 1 is 1.29 bits per heavy atom. The second-order valence-electron chi connectivity index (χ2n) is 5.59. The number of halogens is 2. The lowest BCUT2D eigenvalue weighted by Crippen LogP contribution is -2.49. The van der Waals surface area contributed by atoms with Crippen LogP contribution in [0.2, 0.25) is 5.02 Å². The zero-order valence-electron chi connectivity index (χ0n) is 13.2. The molecule has 24 heavy (non-hydrogen) atoms. The highest BCUT2D eigenvalue weighted by molar-refractivity contribution is 6.31. The lowest BCUT2D eigenvalue weighted by molar-refractivity contribution is 0.0747. The molecule has 2 N–H and O–H groups in total. The van der Waals surface area contributed by atoms with E-state index in [0.717, 1.165) is 11.9 Å². The third-order valence-electron chi connectivity index (χ3n) is 3.98. The first-order chi connectivity index (χ1) is 11.5. The van der Waals surface area contributed by atoms with E-state index in [2.05, 4.69) is 14.9 Å².